The minimum Gasteiger partial charge on any atom is -0.277 e. The van der Waals surface area contributed by atoms with E-state index >= 15 is 0 Å². The second-order valence-electron chi connectivity index (χ2n) is 4.46. The molecule has 8 nitrogen and oxygen atoms in total. The molecule has 1 fully saturated rings. The van der Waals surface area contributed by atoms with Crippen LogP contribution >= 0.6 is 11.6 Å². The molecular formula is C12H10ClN3O5. The Morgan fingerprint density at radius 3 is 2.14 bits per heavy atom. The summed E-state index contributed by atoms with van der Waals surface area (Å²) in [5, 5.41) is 15.1. The molecule has 4 amide bonds. The highest BCUT2D eigenvalue weighted by Gasteiger charge is 2.43. The number of carbonyl (C=O) groups excluding carboxylic acids is 3. The molecule has 0 saturated carbocycles. The van der Waals surface area contributed by atoms with Crippen molar-refractivity contribution in [1.82, 2.24) is 10.6 Å². The van der Waals surface area contributed by atoms with Gasteiger partial charge in [-0.3, -0.25) is 30.3 Å². The highest BCUT2D eigenvalue weighted by molar-refractivity contribution is 6.30. The number of carbonyl (C=O) groups is 3. The molecule has 1 aliphatic heterocycles. The van der Waals surface area contributed by atoms with Crippen LogP contribution in [0.5, 0.6) is 0 Å². The molecule has 0 radical (unpaired) electrons. The van der Waals surface area contributed by atoms with E-state index in [0.29, 0.717) is 10.6 Å². The van der Waals surface area contributed by atoms with Gasteiger partial charge in [0.2, 0.25) is 18.4 Å². The number of hydrogen-bond donors (Lipinski definition) is 2. The third-order valence-corrected chi connectivity index (χ3v) is 3.34. The van der Waals surface area contributed by atoms with Crippen molar-refractivity contribution in [2.45, 2.75) is 5.92 Å². The molecule has 1 aromatic carbocycles. The maximum atomic E-state index is 11.8. The Balaban J connectivity index is 2.37. The molecule has 110 valence electrons. The number of amides is 4. The van der Waals surface area contributed by atoms with Gasteiger partial charge in [0.05, 0.1) is 5.92 Å². The lowest BCUT2D eigenvalue weighted by atomic mass is 9.84. The van der Waals surface area contributed by atoms with Crippen LogP contribution in [0.4, 0.5) is 4.79 Å². The number of nitrogens with one attached hydrogen (secondary N) is 2. The van der Waals surface area contributed by atoms with Gasteiger partial charge in [-0.15, -0.1) is 0 Å². The molecular weight excluding hydrogens is 302 g/mol. The molecule has 1 heterocycles. The van der Waals surface area contributed by atoms with Crippen molar-refractivity contribution in [3.05, 3.63) is 45.0 Å². The Bertz CT molecular complexity index is 596. The molecule has 9 heteroatoms. The molecule has 0 aromatic heterocycles. The molecule has 0 bridgehead atoms. The first-order chi connectivity index (χ1) is 9.88. The van der Waals surface area contributed by atoms with E-state index in [4.69, 9.17) is 11.6 Å². The van der Waals surface area contributed by atoms with Crippen LogP contribution < -0.4 is 10.6 Å². The monoisotopic (exact) mass is 311 g/mol. The van der Waals surface area contributed by atoms with Crippen LogP contribution in [-0.2, 0) is 9.59 Å². The lowest BCUT2D eigenvalue weighted by Gasteiger charge is -2.26. The molecule has 0 spiro atoms. The van der Waals surface area contributed by atoms with E-state index in [-0.39, 0.29) is 0 Å². The van der Waals surface area contributed by atoms with E-state index in [1.807, 2.05) is 10.6 Å². The Morgan fingerprint density at radius 1 is 1.14 bits per heavy atom. The van der Waals surface area contributed by atoms with Crippen molar-refractivity contribution in [2.24, 2.45) is 5.92 Å². The zero-order valence-electron chi connectivity index (χ0n) is 10.5. The van der Waals surface area contributed by atoms with Gasteiger partial charge in [-0.05, 0) is 17.7 Å². The summed E-state index contributed by atoms with van der Waals surface area (Å²) in [4.78, 5) is 44.9. The van der Waals surface area contributed by atoms with Crippen molar-refractivity contribution < 1.29 is 19.3 Å². The van der Waals surface area contributed by atoms with E-state index in [9.17, 15) is 24.5 Å². The van der Waals surface area contributed by atoms with Gasteiger partial charge in [-0.2, -0.15) is 0 Å². The van der Waals surface area contributed by atoms with Crippen molar-refractivity contribution in [3.63, 3.8) is 0 Å². The Labute approximate surface area is 123 Å². The fourth-order valence-corrected chi connectivity index (χ4v) is 2.29. The number of nitro groups is 1. The molecule has 1 saturated heterocycles. The Kier molecular flexibility index (Phi) is 4.18. The highest BCUT2D eigenvalue weighted by atomic mass is 35.5. The van der Waals surface area contributed by atoms with Gasteiger partial charge in [0, 0.05) is 9.95 Å². The van der Waals surface area contributed by atoms with E-state index in [1.165, 1.54) is 24.3 Å². The summed E-state index contributed by atoms with van der Waals surface area (Å²) in [6.45, 7) is -0.624. The molecule has 1 atom stereocenters. The summed E-state index contributed by atoms with van der Waals surface area (Å²) in [5.41, 5.74) is 0.417. The normalized spacial score (nSPS) is 17.1. The molecule has 1 aliphatic rings. The largest absolute Gasteiger partial charge is 0.328 e. The van der Waals surface area contributed by atoms with E-state index < -0.39 is 41.1 Å². The third kappa shape index (κ3) is 3.34. The number of nitrogens with zero attached hydrogens (tertiary/aromatic N) is 1. The van der Waals surface area contributed by atoms with Crippen LogP contribution in [0.2, 0.25) is 5.02 Å². The summed E-state index contributed by atoms with van der Waals surface area (Å²) in [5.74, 6) is -4.06. The van der Waals surface area contributed by atoms with Crippen LogP contribution in [-0.4, -0.2) is 29.3 Å². The van der Waals surface area contributed by atoms with E-state index in [1.54, 1.807) is 0 Å². The van der Waals surface area contributed by atoms with E-state index in [2.05, 4.69) is 0 Å². The third-order valence-electron chi connectivity index (χ3n) is 3.08. The Morgan fingerprint density at radius 2 is 1.67 bits per heavy atom. The fraction of sp³-hybridized carbons (Fsp3) is 0.250. The smallest absolute Gasteiger partial charge is 0.277 e. The molecule has 2 rings (SSSR count). The van der Waals surface area contributed by atoms with Crippen molar-refractivity contribution in [2.75, 3.05) is 6.54 Å². The van der Waals surface area contributed by atoms with Crippen LogP contribution in [0.25, 0.3) is 0 Å². The van der Waals surface area contributed by atoms with Crippen LogP contribution in [0.1, 0.15) is 11.5 Å². The fourth-order valence-electron chi connectivity index (χ4n) is 2.17. The molecule has 2 N–H and O–H groups in total. The summed E-state index contributed by atoms with van der Waals surface area (Å²) < 4.78 is 0. The number of imide groups is 2. The molecule has 21 heavy (non-hydrogen) atoms. The lowest BCUT2D eigenvalue weighted by Crippen LogP contribution is -2.57. The number of rotatable bonds is 4. The van der Waals surface area contributed by atoms with Gasteiger partial charge in [-0.1, -0.05) is 23.7 Å². The van der Waals surface area contributed by atoms with Gasteiger partial charge < -0.3 is 0 Å². The van der Waals surface area contributed by atoms with Gasteiger partial charge in [-0.25, -0.2) is 4.79 Å². The van der Waals surface area contributed by atoms with Gasteiger partial charge >= 0.3 is 6.03 Å². The quantitative estimate of drug-likeness (QED) is 0.481. The topological polar surface area (TPSA) is 118 Å². The van der Waals surface area contributed by atoms with Crippen molar-refractivity contribution >= 4 is 29.4 Å². The maximum Gasteiger partial charge on any atom is 0.328 e. The van der Waals surface area contributed by atoms with Crippen LogP contribution in [0, 0.1) is 16.0 Å². The molecule has 1 unspecified atom stereocenters. The van der Waals surface area contributed by atoms with Crippen molar-refractivity contribution in [3.8, 4) is 0 Å². The summed E-state index contributed by atoms with van der Waals surface area (Å²) >= 11 is 5.75. The first-order valence-electron chi connectivity index (χ1n) is 5.91. The molecule has 1 aromatic rings. The van der Waals surface area contributed by atoms with Crippen LogP contribution in [0.3, 0.4) is 0 Å². The average Bonchev–Trinajstić information content (AvgIpc) is 2.37. The second kappa shape index (κ2) is 5.88. The van der Waals surface area contributed by atoms with Gasteiger partial charge in [0.15, 0.2) is 0 Å². The predicted molar refractivity (Wildman–Crippen MR) is 71.2 cm³/mol. The Hall–Kier alpha value is -2.48. The zero-order chi connectivity index (χ0) is 15.6. The standard InChI is InChI=1S/C12H10ClN3O5/c13-7-3-1-6(2-4-7)8(5-16(20)21)9-10(17)14-12(19)15-11(9)18/h1-4,8-9H,5H2,(H2,14,15,17,18,19). The SMILES string of the molecule is O=C1NC(=O)C(C(C[N+](=O)[O-])c2ccc(Cl)cc2)C(=O)N1. The number of benzene rings is 1. The minimum atomic E-state index is -1.35. The molecule has 0 aliphatic carbocycles. The first-order valence-corrected chi connectivity index (χ1v) is 6.29. The highest BCUT2D eigenvalue weighted by Crippen LogP contribution is 2.28. The lowest BCUT2D eigenvalue weighted by molar-refractivity contribution is -0.484. The van der Waals surface area contributed by atoms with Crippen molar-refractivity contribution in [1.29, 1.82) is 0 Å². The minimum absolute atomic E-state index is 0.417. The summed E-state index contributed by atoms with van der Waals surface area (Å²) in [7, 11) is 0. The average molecular weight is 312 g/mol. The zero-order valence-corrected chi connectivity index (χ0v) is 11.3. The van der Waals surface area contributed by atoms with Gasteiger partial charge in [0.1, 0.15) is 5.92 Å². The predicted octanol–water partition coefficient (Wildman–Crippen LogP) is 0.683. The van der Waals surface area contributed by atoms with E-state index in [0.717, 1.165) is 0 Å². The van der Waals surface area contributed by atoms with Crippen LogP contribution in [0.15, 0.2) is 24.3 Å². The first kappa shape index (κ1) is 14.9. The number of halogens is 1. The summed E-state index contributed by atoms with van der Waals surface area (Å²) in [6.07, 6.45) is 0. The number of urea groups is 1. The number of barbiturate groups is 1. The number of hydrogen-bond acceptors (Lipinski definition) is 5. The maximum absolute atomic E-state index is 11.8. The van der Waals surface area contributed by atoms with Gasteiger partial charge in [0.25, 0.3) is 0 Å². The second-order valence-corrected chi connectivity index (χ2v) is 4.90. The summed E-state index contributed by atoms with van der Waals surface area (Å²) in [6, 6.07) is 5.10.